The number of hydrogen-bond donors (Lipinski definition) is 0. The molecule has 1 fully saturated rings. The van der Waals surface area contributed by atoms with E-state index in [1.807, 2.05) is 43.3 Å². The molecular formula is C20H21N3O2S. The van der Waals surface area contributed by atoms with Crippen LogP contribution in [-0.2, 0) is 11.3 Å². The number of carbonyl (C=O) groups is 1. The number of ether oxygens (including phenoxy) is 1. The number of carbonyl (C=O) groups excluding carboxylic acids is 1. The lowest BCUT2D eigenvalue weighted by atomic mass is 10.1. The first-order valence-corrected chi connectivity index (χ1v) is 9.30. The number of methoxy groups -OCH3 is 1. The molecule has 0 unspecified atom stereocenters. The van der Waals surface area contributed by atoms with E-state index >= 15 is 0 Å². The van der Waals surface area contributed by atoms with Gasteiger partial charge in [0.15, 0.2) is 5.17 Å². The molecule has 0 bridgehead atoms. The van der Waals surface area contributed by atoms with Gasteiger partial charge in [-0.25, -0.2) is 0 Å². The molecule has 0 saturated carbocycles. The van der Waals surface area contributed by atoms with Crippen molar-refractivity contribution >= 4 is 29.1 Å². The molecule has 0 atom stereocenters. The molecule has 26 heavy (non-hydrogen) atoms. The fourth-order valence-electron chi connectivity index (χ4n) is 2.65. The molecule has 6 heteroatoms. The lowest BCUT2D eigenvalue weighted by Crippen LogP contribution is -2.28. The molecule has 0 N–H and O–H groups in total. The van der Waals surface area contributed by atoms with Crippen LogP contribution in [0.5, 0.6) is 5.75 Å². The zero-order valence-electron chi connectivity index (χ0n) is 15.1. The molecule has 0 spiro atoms. The van der Waals surface area contributed by atoms with E-state index < -0.39 is 0 Å². The number of rotatable bonds is 5. The van der Waals surface area contributed by atoms with E-state index in [0.29, 0.717) is 17.5 Å². The largest absolute Gasteiger partial charge is 0.497 e. The van der Waals surface area contributed by atoms with Crippen molar-refractivity contribution in [3.8, 4) is 5.75 Å². The summed E-state index contributed by atoms with van der Waals surface area (Å²) in [6.07, 6.45) is 1.73. The number of thioether (sulfide) groups is 1. The van der Waals surface area contributed by atoms with Gasteiger partial charge in [-0.15, -0.1) is 5.10 Å². The summed E-state index contributed by atoms with van der Waals surface area (Å²) in [5.41, 5.74) is 4.41. The Kier molecular flexibility index (Phi) is 5.73. The molecule has 1 aliphatic rings. The summed E-state index contributed by atoms with van der Waals surface area (Å²) in [5, 5.41) is 9.10. The number of nitrogens with zero attached hydrogens (tertiary/aromatic N) is 3. The van der Waals surface area contributed by atoms with E-state index in [1.54, 1.807) is 18.2 Å². The van der Waals surface area contributed by atoms with E-state index in [0.717, 1.165) is 22.4 Å². The number of aryl methyl sites for hydroxylation is 2. The molecular weight excluding hydrogens is 346 g/mol. The Morgan fingerprint density at radius 1 is 1.19 bits per heavy atom. The topological polar surface area (TPSA) is 54.3 Å². The van der Waals surface area contributed by atoms with Gasteiger partial charge in [0.25, 0.3) is 0 Å². The van der Waals surface area contributed by atoms with E-state index in [9.17, 15) is 4.79 Å². The summed E-state index contributed by atoms with van der Waals surface area (Å²) in [7, 11) is 1.63. The van der Waals surface area contributed by atoms with Gasteiger partial charge in [-0.3, -0.25) is 9.69 Å². The van der Waals surface area contributed by atoms with Crippen molar-refractivity contribution in [1.82, 2.24) is 4.90 Å². The predicted molar refractivity (Wildman–Crippen MR) is 107 cm³/mol. The van der Waals surface area contributed by atoms with Crippen LogP contribution in [0, 0.1) is 13.8 Å². The van der Waals surface area contributed by atoms with Gasteiger partial charge in [-0.05, 0) is 42.7 Å². The standard InChI is InChI=1S/C20H21N3O2S/c1-14-4-7-17(15(2)10-14)11-21-22-20-23(19(24)13-26-20)12-16-5-8-18(25-3)9-6-16/h4-11H,12-13H2,1-3H3. The van der Waals surface area contributed by atoms with E-state index in [2.05, 4.69) is 23.2 Å². The number of benzene rings is 2. The van der Waals surface area contributed by atoms with Crippen LogP contribution < -0.4 is 4.74 Å². The van der Waals surface area contributed by atoms with Crippen LogP contribution >= 0.6 is 11.8 Å². The quantitative estimate of drug-likeness (QED) is 0.597. The van der Waals surface area contributed by atoms with Crippen molar-refractivity contribution in [2.45, 2.75) is 20.4 Å². The lowest BCUT2D eigenvalue weighted by molar-refractivity contribution is -0.124. The van der Waals surface area contributed by atoms with Crippen LogP contribution in [0.25, 0.3) is 0 Å². The maximum atomic E-state index is 12.2. The van der Waals surface area contributed by atoms with Gasteiger partial charge in [0.1, 0.15) is 5.75 Å². The monoisotopic (exact) mass is 367 g/mol. The minimum Gasteiger partial charge on any atom is -0.497 e. The highest BCUT2D eigenvalue weighted by Crippen LogP contribution is 2.23. The molecule has 0 aliphatic carbocycles. The predicted octanol–water partition coefficient (Wildman–Crippen LogP) is 3.78. The highest BCUT2D eigenvalue weighted by atomic mass is 32.2. The number of hydrogen-bond acceptors (Lipinski definition) is 5. The smallest absolute Gasteiger partial charge is 0.239 e. The second kappa shape index (κ2) is 8.19. The summed E-state index contributed by atoms with van der Waals surface area (Å²) in [6.45, 7) is 4.59. The summed E-state index contributed by atoms with van der Waals surface area (Å²) in [4.78, 5) is 13.9. The molecule has 2 aromatic rings. The molecule has 0 aromatic heterocycles. The highest BCUT2D eigenvalue weighted by molar-refractivity contribution is 8.15. The first-order valence-electron chi connectivity index (χ1n) is 8.31. The number of amidine groups is 1. The molecule has 1 heterocycles. The molecule has 0 radical (unpaired) electrons. The Morgan fingerprint density at radius 3 is 2.65 bits per heavy atom. The molecule has 1 saturated heterocycles. The molecule has 3 rings (SSSR count). The van der Waals surface area contributed by atoms with Crippen LogP contribution in [0.4, 0.5) is 0 Å². The summed E-state index contributed by atoms with van der Waals surface area (Å²) in [5.74, 6) is 1.24. The van der Waals surface area contributed by atoms with Crippen molar-refractivity contribution in [2.75, 3.05) is 12.9 Å². The maximum Gasteiger partial charge on any atom is 0.239 e. The van der Waals surface area contributed by atoms with Crippen molar-refractivity contribution in [1.29, 1.82) is 0 Å². The zero-order chi connectivity index (χ0) is 18.5. The first-order chi connectivity index (χ1) is 12.6. The molecule has 1 aliphatic heterocycles. The van der Waals surface area contributed by atoms with Crippen LogP contribution in [0.1, 0.15) is 22.3 Å². The Hall–Kier alpha value is -2.60. The maximum absolute atomic E-state index is 12.2. The average Bonchev–Trinajstić information content (AvgIpc) is 2.98. The van der Waals surface area contributed by atoms with Crippen molar-refractivity contribution in [3.63, 3.8) is 0 Å². The zero-order valence-corrected chi connectivity index (χ0v) is 15.9. The van der Waals surface area contributed by atoms with Gasteiger partial charge in [0.05, 0.1) is 25.6 Å². The third-order valence-electron chi connectivity index (χ3n) is 4.12. The fourth-order valence-corrected chi connectivity index (χ4v) is 3.49. The lowest BCUT2D eigenvalue weighted by Gasteiger charge is -2.15. The van der Waals surface area contributed by atoms with Crippen molar-refractivity contribution in [3.05, 3.63) is 64.7 Å². The average molecular weight is 367 g/mol. The minimum absolute atomic E-state index is 0.0475. The minimum atomic E-state index is 0.0475. The van der Waals surface area contributed by atoms with E-state index in [-0.39, 0.29) is 5.91 Å². The van der Waals surface area contributed by atoms with Crippen molar-refractivity contribution < 1.29 is 9.53 Å². The highest BCUT2D eigenvalue weighted by Gasteiger charge is 2.28. The molecule has 5 nitrogen and oxygen atoms in total. The second-order valence-electron chi connectivity index (χ2n) is 6.10. The normalized spacial score (nSPS) is 16.0. The van der Waals surface area contributed by atoms with Gasteiger partial charge in [-0.1, -0.05) is 47.7 Å². The van der Waals surface area contributed by atoms with Crippen LogP contribution in [0.3, 0.4) is 0 Å². The Balaban J connectivity index is 1.73. The second-order valence-corrected chi connectivity index (χ2v) is 7.05. The van der Waals surface area contributed by atoms with Crippen LogP contribution in [0.15, 0.2) is 52.7 Å². The summed E-state index contributed by atoms with van der Waals surface area (Å²) in [6, 6.07) is 13.9. The third kappa shape index (κ3) is 4.32. The van der Waals surface area contributed by atoms with Crippen LogP contribution in [-0.4, -0.2) is 35.1 Å². The number of amides is 1. The van der Waals surface area contributed by atoms with E-state index in [1.165, 1.54) is 17.3 Å². The van der Waals surface area contributed by atoms with Gasteiger partial charge in [0.2, 0.25) is 5.91 Å². The van der Waals surface area contributed by atoms with Crippen LogP contribution in [0.2, 0.25) is 0 Å². The van der Waals surface area contributed by atoms with Crippen molar-refractivity contribution in [2.24, 2.45) is 10.2 Å². The van der Waals surface area contributed by atoms with Gasteiger partial charge in [0, 0.05) is 0 Å². The van der Waals surface area contributed by atoms with Gasteiger partial charge < -0.3 is 4.74 Å². The Bertz CT molecular complexity index is 860. The SMILES string of the molecule is COc1ccc(CN2C(=O)CSC2=NN=Cc2ccc(C)cc2C)cc1. The fraction of sp³-hybridized carbons (Fsp3) is 0.250. The summed E-state index contributed by atoms with van der Waals surface area (Å²) >= 11 is 1.42. The van der Waals surface area contributed by atoms with Gasteiger partial charge >= 0.3 is 0 Å². The molecule has 134 valence electrons. The Labute approximate surface area is 157 Å². The molecule has 2 aromatic carbocycles. The first kappa shape index (κ1) is 18.2. The third-order valence-corrected chi connectivity index (χ3v) is 5.07. The van der Waals surface area contributed by atoms with E-state index in [4.69, 9.17) is 4.74 Å². The summed E-state index contributed by atoms with van der Waals surface area (Å²) < 4.78 is 5.17. The van der Waals surface area contributed by atoms with Gasteiger partial charge in [-0.2, -0.15) is 5.10 Å². The molecule has 1 amide bonds. The Morgan fingerprint density at radius 2 is 1.96 bits per heavy atom.